The number of aromatic nitrogens is 5. The first-order valence-corrected chi connectivity index (χ1v) is 11.5. The molecule has 12 heteroatoms. The van der Waals surface area contributed by atoms with Crippen LogP contribution in [0.1, 0.15) is 22.6 Å². The van der Waals surface area contributed by atoms with E-state index in [1.165, 1.54) is 15.9 Å². The molecule has 1 aromatic carbocycles. The number of carbonyl (C=O) groups is 3. The third-order valence-corrected chi connectivity index (χ3v) is 6.18. The Morgan fingerprint density at radius 3 is 2.65 bits per heavy atom. The van der Waals surface area contributed by atoms with Crippen molar-refractivity contribution >= 4 is 34.4 Å². The van der Waals surface area contributed by atoms with Crippen LogP contribution in [0.5, 0.6) is 0 Å². The Balaban J connectivity index is 1.41. The molecule has 2 atom stereocenters. The minimum atomic E-state index is -1.35. The summed E-state index contributed by atoms with van der Waals surface area (Å²) in [6.45, 7) is 1.25. The first-order chi connectivity index (χ1) is 17.8. The summed E-state index contributed by atoms with van der Waals surface area (Å²) >= 11 is 0. The van der Waals surface area contributed by atoms with Gasteiger partial charge in [0.05, 0.1) is 12.1 Å². The number of pyridine rings is 1. The average molecular weight is 503 g/mol. The number of alkyl halides is 1. The molecular weight excluding hydrogens is 479 g/mol. The van der Waals surface area contributed by atoms with Crippen molar-refractivity contribution in [3.63, 3.8) is 0 Å². The number of fused-ring (bicyclic) bond motifs is 1. The lowest BCUT2D eigenvalue weighted by Crippen LogP contribution is -2.44. The largest absolute Gasteiger partial charge is 0.364 e. The molecule has 37 heavy (non-hydrogen) atoms. The number of carbonyl (C=O) groups excluding carboxylic acids is 3. The number of amides is 3. The number of hydrogen-bond acceptors (Lipinski definition) is 7. The van der Waals surface area contributed by atoms with Crippen LogP contribution in [0.25, 0.3) is 22.0 Å². The van der Waals surface area contributed by atoms with Crippen LogP contribution in [0.15, 0.2) is 55.1 Å². The van der Waals surface area contributed by atoms with Gasteiger partial charge in [0.25, 0.3) is 5.91 Å². The van der Waals surface area contributed by atoms with Crippen molar-refractivity contribution in [2.45, 2.75) is 32.1 Å². The molecule has 0 aliphatic carbocycles. The number of rotatable bonds is 6. The molecule has 0 saturated carbocycles. The summed E-state index contributed by atoms with van der Waals surface area (Å²) in [5.41, 5.74) is 8.21. The minimum absolute atomic E-state index is 0.00824. The lowest BCUT2D eigenvalue weighted by molar-refractivity contribution is -0.137. The molecule has 3 amide bonds. The number of nitrogens with zero attached hydrogens (tertiary/aromatic N) is 6. The zero-order valence-corrected chi connectivity index (χ0v) is 19.8. The van der Waals surface area contributed by atoms with E-state index in [4.69, 9.17) is 5.73 Å². The molecule has 3 aromatic heterocycles. The lowest BCUT2D eigenvalue weighted by atomic mass is 10.1. The fraction of sp³-hybridized carbons (Fsp3) is 0.240. The van der Waals surface area contributed by atoms with Gasteiger partial charge in [-0.1, -0.05) is 12.1 Å². The van der Waals surface area contributed by atoms with Crippen molar-refractivity contribution in [1.29, 1.82) is 0 Å². The zero-order valence-electron chi connectivity index (χ0n) is 19.8. The van der Waals surface area contributed by atoms with Crippen LogP contribution in [-0.2, 0) is 16.1 Å². The van der Waals surface area contributed by atoms with Gasteiger partial charge in [0.2, 0.25) is 11.8 Å². The highest BCUT2D eigenvalue weighted by Gasteiger charge is 2.40. The van der Waals surface area contributed by atoms with E-state index in [2.05, 4.69) is 25.4 Å². The number of nitrogens with one attached hydrogen (secondary N) is 1. The second-order valence-corrected chi connectivity index (χ2v) is 8.78. The normalized spacial score (nSPS) is 17.2. The van der Waals surface area contributed by atoms with Gasteiger partial charge in [0.15, 0.2) is 5.69 Å². The van der Waals surface area contributed by atoms with Crippen molar-refractivity contribution in [2.75, 3.05) is 11.9 Å². The molecule has 4 heterocycles. The Morgan fingerprint density at radius 1 is 1.14 bits per heavy atom. The van der Waals surface area contributed by atoms with Crippen LogP contribution in [0.4, 0.5) is 10.2 Å². The molecule has 4 aromatic rings. The molecule has 3 N–H and O–H groups in total. The third-order valence-electron chi connectivity index (χ3n) is 6.18. The fourth-order valence-corrected chi connectivity index (χ4v) is 4.46. The van der Waals surface area contributed by atoms with Gasteiger partial charge in [-0.15, -0.1) is 0 Å². The van der Waals surface area contributed by atoms with Crippen molar-refractivity contribution in [2.24, 2.45) is 5.73 Å². The SMILES string of the molecule is Cc1cccc(NC(=O)[C@@H]2C[C@@H](F)CN2C(=O)Cn2nc(C(N)=O)c3cc(-c4cncnc4)ccc32)n1. The van der Waals surface area contributed by atoms with Gasteiger partial charge in [-0.25, -0.2) is 19.3 Å². The summed E-state index contributed by atoms with van der Waals surface area (Å²) in [4.78, 5) is 51.7. The van der Waals surface area contributed by atoms with E-state index in [0.717, 1.165) is 11.1 Å². The summed E-state index contributed by atoms with van der Waals surface area (Å²) in [5.74, 6) is -1.48. The van der Waals surface area contributed by atoms with Gasteiger partial charge in [-0.05, 0) is 36.8 Å². The number of likely N-dealkylation sites (tertiary alicyclic amines) is 1. The highest BCUT2D eigenvalue weighted by molar-refractivity contribution is 6.05. The maximum atomic E-state index is 14.4. The number of aryl methyl sites for hydroxylation is 1. The summed E-state index contributed by atoms with van der Waals surface area (Å²) < 4.78 is 15.7. The number of anilines is 1. The number of benzene rings is 1. The molecule has 5 rings (SSSR count). The molecule has 1 aliphatic rings. The average Bonchev–Trinajstić information content (AvgIpc) is 3.45. The predicted molar refractivity (Wildman–Crippen MR) is 132 cm³/mol. The number of hydrogen-bond donors (Lipinski definition) is 2. The van der Waals surface area contributed by atoms with E-state index in [1.54, 1.807) is 55.7 Å². The van der Waals surface area contributed by atoms with E-state index in [-0.39, 0.29) is 25.2 Å². The fourth-order valence-electron chi connectivity index (χ4n) is 4.46. The van der Waals surface area contributed by atoms with E-state index < -0.39 is 29.9 Å². The predicted octanol–water partition coefficient (Wildman–Crippen LogP) is 1.87. The smallest absolute Gasteiger partial charge is 0.269 e. The van der Waals surface area contributed by atoms with Gasteiger partial charge in [0, 0.05) is 35.5 Å². The maximum Gasteiger partial charge on any atom is 0.269 e. The van der Waals surface area contributed by atoms with Crippen molar-refractivity contribution in [3.8, 4) is 11.1 Å². The molecule has 0 bridgehead atoms. The summed E-state index contributed by atoms with van der Waals surface area (Å²) in [5, 5.41) is 7.37. The van der Waals surface area contributed by atoms with E-state index in [0.29, 0.717) is 22.4 Å². The summed E-state index contributed by atoms with van der Waals surface area (Å²) in [6.07, 6.45) is 3.19. The van der Waals surface area contributed by atoms with Crippen LogP contribution in [0, 0.1) is 6.92 Å². The Labute approximate surface area is 210 Å². The minimum Gasteiger partial charge on any atom is -0.364 e. The topological polar surface area (TPSA) is 149 Å². The van der Waals surface area contributed by atoms with Crippen LogP contribution in [0.3, 0.4) is 0 Å². The monoisotopic (exact) mass is 502 g/mol. The number of nitrogens with two attached hydrogens (primary N) is 1. The quantitative estimate of drug-likeness (QED) is 0.409. The van der Waals surface area contributed by atoms with Crippen molar-refractivity contribution in [1.82, 2.24) is 29.6 Å². The van der Waals surface area contributed by atoms with Crippen LogP contribution in [0.2, 0.25) is 0 Å². The Morgan fingerprint density at radius 2 is 1.92 bits per heavy atom. The first-order valence-electron chi connectivity index (χ1n) is 11.5. The third kappa shape index (κ3) is 4.85. The standard InChI is InChI=1S/C25H23FN8O3/c1-14-3-2-4-21(30-14)31-25(37)20-8-17(26)11-33(20)22(35)12-34-19-6-5-15(16-9-28-13-29-10-16)7-18(19)23(32-34)24(27)36/h2-7,9-10,13,17,20H,8,11-12H2,1H3,(H2,27,36)(H,30,31,37)/t17-,20+/m1/s1. The van der Waals surface area contributed by atoms with Crippen LogP contribution >= 0.6 is 0 Å². The summed E-state index contributed by atoms with van der Waals surface area (Å²) in [7, 11) is 0. The number of halogens is 1. The molecule has 11 nitrogen and oxygen atoms in total. The Bertz CT molecular complexity index is 1510. The molecule has 1 fully saturated rings. The second kappa shape index (κ2) is 9.72. The lowest BCUT2D eigenvalue weighted by Gasteiger charge is -2.23. The second-order valence-electron chi connectivity index (χ2n) is 8.78. The highest BCUT2D eigenvalue weighted by atomic mass is 19.1. The van der Waals surface area contributed by atoms with Gasteiger partial charge in [-0.2, -0.15) is 5.10 Å². The molecule has 1 aliphatic heterocycles. The van der Waals surface area contributed by atoms with Gasteiger partial charge in [0.1, 0.15) is 30.9 Å². The molecule has 0 radical (unpaired) electrons. The zero-order chi connectivity index (χ0) is 26.1. The number of primary amides is 1. The van der Waals surface area contributed by atoms with E-state index >= 15 is 0 Å². The van der Waals surface area contributed by atoms with Gasteiger partial charge >= 0.3 is 0 Å². The van der Waals surface area contributed by atoms with Crippen molar-refractivity contribution < 1.29 is 18.8 Å². The van der Waals surface area contributed by atoms with Crippen LogP contribution < -0.4 is 11.1 Å². The highest BCUT2D eigenvalue weighted by Crippen LogP contribution is 2.27. The first kappa shape index (κ1) is 24.0. The Kier molecular flexibility index (Phi) is 6.30. The maximum absolute atomic E-state index is 14.4. The molecular formula is C25H23FN8O3. The van der Waals surface area contributed by atoms with Gasteiger partial charge in [-0.3, -0.25) is 19.1 Å². The summed E-state index contributed by atoms with van der Waals surface area (Å²) in [6, 6.07) is 9.35. The van der Waals surface area contributed by atoms with E-state index in [9.17, 15) is 18.8 Å². The molecule has 1 saturated heterocycles. The Hall–Kier alpha value is -4.74. The molecule has 0 unspecified atom stereocenters. The van der Waals surface area contributed by atoms with E-state index in [1.807, 2.05) is 0 Å². The van der Waals surface area contributed by atoms with Crippen molar-refractivity contribution in [3.05, 3.63) is 66.5 Å². The molecule has 0 spiro atoms. The molecule has 188 valence electrons. The van der Waals surface area contributed by atoms with Gasteiger partial charge < -0.3 is 16.0 Å². The van der Waals surface area contributed by atoms with Crippen LogP contribution in [-0.4, -0.2) is 66.1 Å².